The molecule has 0 radical (unpaired) electrons. The first-order valence-corrected chi connectivity index (χ1v) is 9.31. The molecule has 0 saturated carbocycles. The molecular formula is C19H22ClN4O4+. The second-order valence-electron chi connectivity index (χ2n) is 6.56. The van der Waals surface area contributed by atoms with Crippen molar-refractivity contribution in [3.8, 4) is 5.75 Å². The second-order valence-corrected chi connectivity index (χ2v) is 6.96. The van der Waals surface area contributed by atoms with Crippen LogP contribution in [0.1, 0.15) is 0 Å². The molecule has 0 atom stereocenters. The molecular weight excluding hydrogens is 384 g/mol. The van der Waals surface area contributed by atoms with E-state index in [2.05, 4.69) is 10.2 Å². The van der Waals surface area contributed by atoms with Crippen molar-refractivity contribution >= 4 is 34.6 Å². The number of hydrogen-bond acceptors (Lipinski definition) is 5. The number of nitro groups is 1. The molecule has 3 rings (SSSR count). The van der Waals surface area contributed by atoms with Gasteiger partial charge in [-0.1, -0.05) is 23.7 Å². The first-order valence-electron chi connectivity index (χ1n) is 8.93. The Morgan fingerprint density at radius 3 is 2.68 bits per heavy atom. The largest absolute Gasteiger partial charge is 0.495 e. The zero-order valence-electron chi connectivity index (χ0n) is 15.5. The average Bonchev–Trinajstić information content (AvgIpc) is 2.69. The van der Waals surface area contributed by atoms with Gasteiger partial charge in [0.15, 0.2) is 6.54 Å². The molecule has 1 aliphatic rings. The van der Waals surface area contributed by atoms with Crippen LogP contribution in [0, 0.1) is 10.1 Å². The highest BCUT2D eigenvalue weighted by molar-refractivity contribution is 6.32. The van der Waals surface area contributed by atoms with Crippen LogP contribution < -0.4 is 19.9 Å². The Bertz CT molecular complexity index is 869. The molecule has 0 spiro atoms. The molecule has 148 valence electrons. The van der Waals surface area contributed by atoms with Gasteiger partial charge < -0.3 is 19.9 Å². The van der Waals surface area contributed by atoms with Gasteiger partial charge in [-0.25, -0.2) is 0 Å². The Balaban J connectivity index is 1.54. The number of para-hydroxylation sites is 2. The number of carbonyl (C=O) groups is 1. The molecule has 0 bridgehead atoms. The molecule has 0 aromatic heterocycles. The van der Waals surface area contributed by atoms with Gasteiger partial charge in [0, 0.05) is 11.8 Å². The third-order valence-corrected chi connectivity index (χ3v) is 5.05. The Hall–Kier alpha value is -2.84. The fourth-order valence-electron chi connectivity index (χ4n) is 3.29. The van der Waals surface area contributed by atoms with E-state index in [1.165, 1.54) is 12.1 Å². The zero-order valence-corrected chi connectivity index (χ0v) is 16.2. The first-order chi connectivity index (χ1) is 13.5. The maximum absolute atomic E-state index is 12.3. The quantitative estimate of drug-likeness (QED) is 0.563. The van der Waals surface area contributed by atoms with Crippen LogP contribution in [-0.4, -0.2) is 50.7 Å². The molecule has 1 amide bonds. The van der Waals surface area contributed by atoms with Gasteiger partial charge in [-0.05, 0) is 24.3 Å². The van der Waals surface area contributed by atoms with Gasteiger partial charge in [-0.15, -0.1) is 0 Å². The summed E-state index contributed by atoms with van der Waals surface area (Å²) < 4.78 is 5.42. The fourth-order valence-corrected chi connectivity index (χ4v) is 3.48. The molecule has 8 nitrogen and oxygen atoms in total. The number of carbonyl (C=O) groups excluding carboxylic acids is 1. The van der Waals surface area contributed by atoms with Crippen molar-refractivity contribution in [3.63, 3.8) is 0 Å². The summed E-state index contributed by atoms with van der Waals surface area (Å²) in [4.78, 5) is 26.1. The van der Waals surface area contributed by atoms with Crippen LogP contribution in [0.15, 0.2) is 42.5 Å². The highest BCUT2D eigenvalue weighted by atomic mass is 35.5. The van der Waals surface area contributed by atoms with Crippen LogP contribution >= 0.6 is 11.6 Å². The topological polar surface area (TPSA) is 89.2 Å². The number of ether oxygens (including phenoxy) is 1. The second kappa shape index (κ2) is 8.90. The summed E-state index contributed by atoms with van der Waals surface area (Å²) in [5.41, 5.74) is 1.20. The van der Waals surface area contributed by atoms with E-state index in [9.17, 15) is 14.9 Å². The number of amides is 1. The number of methoxy groups -OCH3 is 1. The number of nitrogens with zero attached hydrogens (tertiary/aromatic N) is 2. The molecule has 1 fully saturated rings. The number of halogens is 1. The van der Waals surface area contributed by atoms with Crippen LogP contribution in [0.5, 0.6) is 5.75 Å². The van der Waals surface area contributed by atoms with E-state index >= 15 is 0 Å². The number of rotatable bonds is 6. The van der Waals surface area contributed by atoms with Crippen molar-refractivity contribution in [2.45, 2.75) is 0 Å². The summed E-state index contributed by atoms with van der Waals surface area (Å²) in [6, 6.07) is 12.1. The van der Waals surface area contributed by atoms with E-state index in [4.69, 9.17) is 16.3 Å². The SMILES string of the molecule is COc1ccccc1N1CC[NH+](CC(=O)Nc2ccc(Cl)c([N+](=O)[O-])c2)CC1. The van der Waals surface area contributed by atoms with Gasteiger partial charge in [0.2, 0.25) is 0 Å². The van der Waals surface area contributed by atoms with E-state index < -0.39 is 4.92 Å². The number of nitrogens with one attached hydrogen (secondary N) is 2. The van der Waals surface area contributed by atoms with E-state index in [0.29, 0.717) is 12.2 Å². The number of benzene rings is 2. The molecule has 1 aliphatic heterocycles. The van der Waals surface area contributed by atoms with E-state index in [0.717, 1.165) is 42.5 Å². The third-order valence-electron chi connectivity index (χ3n) is 4.73. The van der Waals surface area contributed by atoms with Crippen molar-refractivity contribution in [2.24, 2.45) is 0 Å². The van der Waals surface area contributed by atoms with Gasteiger partial charge in [0.1, 0.15) is 10.8 Å². The van der Waals surface area contributed by atoms with E-state index in [1.54, 1.807) is 13.2 Å². The monoisotopic (exact) mass is 405 g/mol. The molecule has 1 saturated heterocycles. The van der Waals surface area contributed by atoms with Gasteiger partial charge in [0.25, 0.3) is 11.6 Å². The molecule has 0 unspecified atom stereocenters. The number of hydrogen-bond donors (Lipinski definition) is 2. The summed E-state index contributed by atoms with van der Waals surface area (Å²) in [5, 5.41) is 13.7. The lowest BCUT2D eigenvalue weighted by atomic mass is 10.2. The Morgan fingerprint density at radius 2 is 2.00 bits per heavy atom. The van der Waals surface area contributed by atoms with E-state index in [-0.39, 0.29) is 16.6 Å². The van der Waals surface area contributed by atoms with Gasteiger partial charge in [-0.3, -0.25) is 14.9 Å². The van der Waals surface area contributed by atoms with Crippen molar-refractivity contribution in [2.75, 3.05) is 50.1 Å². The summed E-state index contributed by atoms with van der Waals surface area (Å²) in [5.74, 6) is 0.658. The van der Waals surface area contributed by atoms with Crippen molar-refractivity contribution < 1.29 is 19.4 Å². The number of nitro benzene ring substituents is 1. The normalized spacial score (nSPS) is 14.6. The van der Waals surface area contributed by atoms with Gasteiger partial charge >= 0.3 is 0 Å². The Labute approximate surface area is 167 Å². The van der Waals surface area contributed by atoms with Crippen LogP contribution in [0.2, 0.25) is 5.02 Å². The van der Waals surface area contributed by atoms with Gasteiger partial charge in [-0.2, -0.15) is 0 Å². The van der Waals surface area contributed by atoms with Crippen LogP contribution in [-0.2, 0) is 4.79 Å². The molecule has 2 aromatic rings. The lowest BCUT2D eigenvalue weighted by Gasteiger charge is -2.34. The lowest BCUT2D eigenvalue weighted by molar-refractivity contribution is -0.892. The summed E-state index contributed by atoms with van der Waals surface area (Å²) in [7, 11) is 1.66. The smallest absolute Gasteiger partial charge is 0.289 e. The lowest BCUT2D eigenvalue weighted by Crippen LogP contribution is -3.15. The molecule has 0 aliphatic carbocycles. The maximum Gasteiger partial charge on any atom is 0.289 e. The zero-order chi connectivity index (χ0) is 20.1. The van der Waals surface area contributed by atoms with Crippen molar-refractivity contribution in [1.82, 2.24) is 0 Å². The molecule has 2 N–H and O–H groups in total. The van der Waals surface area contributed by atoms with Crippen molar-refractivity contribution in [3.05, 3.63) is 57.6 Å². The van der Waals surface area contributed by atoms with E-state index in [1.807, 2.05) is 24.3 Å². The van der Waals surface area contributed by atoms with Crippen LogP contribution in [0.3, 0.4) is 0 Å². The summed E-state index contributed by atoms with van der Waals surface area (Å²) in [6.07, 6.45) is 0. The van der Waals surface area contributed by atoms with Gasteiger partial charge in [0.05, 0.1) is 43.9 Å². The van der Waals surface area contributed by atoms with Crippen LogP contribution in [0.4, 0.5) is 17.1 Å². The molecule has 1 heterocycles. The molecule has 2 aromatic carbocycles. The summed E-state index contributed by atoms with van der Waals surface area (Å²) in [6.45, 7) is 3.56. The van der Waals surface area contributed by atoms with Crippen LogP contribution in [0.25, 0.3) is 0 Å². The van der Waals surface area contributed by atoms with Crippen molar-refractivity contribution in [1.29, 1.82) is 0 Å². The predicted molar refractivity (Wildman–Crippen MR) is 108 cm³/mol. The number of piperazine rings is 1. The standard InChI is InChI=1S/C19H21ClN4O4/c1-28-18-5-3-2-4-16(18)23-10-8-22(9-11-23)13-19(25)21-14-6-7-15(20)17(12-14)24(26)27/h2-7,12H,8-11,13H2,1H3,(H,21,25)/p+1. The Morgan fingerprint density at radius 1 is 1.29 bits per heavy atom. The highest BCUT2D eigenvalue weighted by Gasteiger charge is 2.24. The minimum Gasteiger partial charge on any atom is -0.495 e. The molecule has 9 heteroatoms. The highest BCUT2D eigenvalue weighted by Crippen LogP contribution is 2.28. The maximum atomic E-state index is 12.3. The number of quaternary nitrogens is 1. The Kier molecular flexibility index (Phi) is 6.33. The minimum atomic E-state index is -0.569. The average molecular weight is 406 g/mol. The minimum absolute atomic E-state index is 0.0427. The summed E-state index contributed by atoms with van der Waals surface area (Å²) >= 11 is 5.80. The number of anilines is 2. The predicted octanol–water partition coefficient (Wildman–Crippen LogP) is 1.60. The molecule has 28 heavy (non-hydrogen) atoms. The third kappa shape index (κ3) is 4.71. The first kappa shape index (κ1) is 19.9. The fraction of sp³-hybridized carbons (Fsp3) is 0.316.